The normalized spacial score (nSPS) is 23.4. The first-order chi connectivity index (χ1) is 13.3. The molecular weight excluding hydrogens is 338 g/mol. The molecule has 2 saturated heterocycles. The van der Waals surface area contributed by atoms with Crippen molar-refractivity contribution in [3.63, 3.8) is 0 Å². The van der Waals surface area contributed by atoms with Crippen LogP contribution in [0.2, 0.25) is 0 Å². The number of hydrogen-bond donors (Lipinski definition) is 0. The first kappa shape index (κ1) is 18.6. The minimum Gasteiger partial charge on any atom is -0.376 e. The fraction of sp³-hybridized carbons (Fsp3) is 0.619. The molecule has 6 nitrogen and oxygen atoms in total. The van der Waals surface area contributed by atoms with Crippen molar-refractivity contribution in [2.24, 2.45) is 7.05 Å². The maximum absolute atomic E-state index is 6.18. The fourth-order valence-electron chi connectivity index (χ4n) is 4.39. The molecule has 2 fully saturated rings. The Balaban J connectivity index is 1.28. The largest absolute Gasteiger partial charge is 0.376 e. The zero-order chi connectivity index (χ0) is 18.5. The fourth-order valence-corrected chi connectivity index (χ4v) is 4.39. The van der Waals surface area contributed by atoms with Crippen LogP contribution < -0.4 is 0 Å². The molecule has 27 heavy (non-hydrogen) atoms. The van der Waals surface area contributed by atoms with Gasteiger partial charge in [0, 0.05) is 45.8 Å². The van der Waals surface area contributed by atoms with Crippen molar-refractivity contribution in [2.75, 3.05) is 39.3 Å². The van der Waals surface area contributed by atoms with E-state index >= 15 is 0 Å². The molecule has 4 rings (SSSR count). The molecule has 0 aliphatic carbocycles. The zero-order valence-electron chi connectivity index (χ0n) is 16.3. The highest BCUT2D eigenvalue weighted by atomic mass is 16.5. The van der Waals surface area contributed by atoms with Gasteiger partial charge in [-0.1, -0.05) is 30.3 Å². The van der Waals surface area contributed by atoms with E-state index < -0.39 is 0 Å². The molecule has 3 heterocycles. The molecule has 2 aliphatic heterocycles. The van der Waals surface area contributed by atoms with Gasteiger partial charge in [-0.25, -0.2) is 0 Å². The predicted octanol–water partition coefficient (Wildman–Crippen LogP) is 2.29. The van der Waals surface area contributed by atoms with Gasteiger partial charge < -0.3 is 14.2 Å². The Morgan fingerprint density at radius 2 is 1.89 bits per heavy atom. The third-order valence-corrected chi connectivity index (χ3v) is 5.84. The van der Waals surface area contributed by atoms with Crippen molar-refractivity contribution in [1.82, 2.24) is 24.6 Å². The molecule has 2 aromatic rings. The van der Waals surface area contributed by atoms with E-state index in [-0.39, 0.29) is 0 Å². The first-order valence-electron chi connectivity index (χ1n) is 10.2. The van der Waals surface area contributed by atoms with Crippen molar-refractivity contribution in [2.45, 2.75) is 37.8 Å². The first-order valence-corrected chi connectivity index (χ1v) is 10.2. The number of piperidine rings is 1. The number of hydrogen-bond acceptors (Lipinski definition) is 5. The van der Waals surface area contributed by atoms with Crippen molar-refractivity contribution >= 4 is 0 Å². The van der Waals surface area contributed by atoms with Crippen LogP contribution in [0.25, 0.3) is 0 Å². The number of aromatic nitrogens is 3. The van der Waals surface area contributed by atoms with E-state index in [0.29, 0.717) is 12.0 Å². The van der Waals surface area contributed by atoms with Gasteiger partial charge in [-0.2, -0.15) is 0 Å². The van der Waals surface area contributed by atoms with Crippen LogP contribution in [0.4, 0.5) is 0 Å². The summed E-state index contributed by atoms with van der Waals surface area (Å²) in [7, 11) is 2.04. The SMILES string of the molecule is Cn1cnnc1C1CCN(C[C@H]2CN(Cc3ccccc3)CCCO2)CC1. The molecule has 0 spiro atoms. The molecule has 146 valence electrons. The molecule has 0 N–H and O–H groups in total. The summed E-state index contributed by atoms with van der Waals surface area (Å²) in [5.74, 6) is 1.67. The Kier molecular flexibility index (Phi) is 6.17. The Bertz CT molecular complexity index is 696. The summed E-state index contributed by atoms with van der Waals surface area (Å²) >= 11 is 0. The maximum Gasteiger partial charge on any atom is 0.135 e. The highest BCUT2D eigenvalue weighted by Crippen LogP contribution is 2.26. The molecule has 0 amide bonds. The van der Waals surface area contributed by atoms with Crippen LogP contribution in [0.5, 0.6) is 0 Å². The van der Waals surface area contributed by atoms with Gasteiger partial charge in [0.05, 0.1) is 6.10 Å². The third kappa shape index (κ3) is 4.94. The highest BCUT2D eigenvalue weighted by molar-refractivity contribution is 5.14. The van der Waals surface area contributed by atoms with E-state index in [2.05, 4.69) is 54.9 Å². The molecule has 1 aromatic carbocycles. The minimum atomic E-state index is 0.308. The van der Waals surface area contributed by atoms with E-state index in [0.717, 1.165) is 71.0 Å². The summed E-state index contributed by atoms with van der Waals surface area (Å²) in [6.45, 7) is 7.33. The van der Waals surface area contributed by atoms with Crippen LogP contribution in [-0.4, -0.2) is 70.0 Å². The van der Waals surface area contributed by atoms with Gasteiger partial charge >= 0.3 is 0 Å². The lowest BCUT2D eigenvalue weighted by molar-refractivity contribution is 0.0200. The summed E-state index contributed by atoms with van der Waals surface area (Å²) in [5, 5.41) is 8.34. The predicted molar refractivity (Wildman–Crippen MR) is 105 cm³/mol. The highest BCUT2D eigenvalue weighted by Gasteiger charge is 2.27. The van der Waals surface area contributed by atoms with Gasteiger partial charge in [0.25, 0.3) is 0 Å². The Morgan fingerprint density at radius 1 is 1.07 bits per heavy atom. The van der Waals surface area contributed by atoms with Gasteiger partial charge in [0.2, 0.25) is 0 Å². The second-order valence-electron chi connectivity index (χ2n) is 7.94. The minimum absolute atomic E-state index is 0.308. The number of rotatable bonds is 5. The molecule has 0 saturated carbocycles. The Hall–Kier alpha value is -1.76. The lowest BCUT2D eigenvalue weighted by atomic mass is 9.95. The van der Waals surface area contributed by atoms with Crippen molar-refractivity contribution in [3.05, 3.63) is 48.0 Å². The van der Waals surface area contributed by atoms with Crippen LogP contribution in [0.15, 0.2) is 36.7 Å². The summed E-state index contributed by atoms with van der Waals surface area (Å²) in [6, 6.07) is 10.8. The van der Waals surface area contributed by atoms with E-state index in [1.165, 1.54) is 5.56 Å². The quantitative estimate of drug-likeness (QED) is 0.809. The van der Waals surface area contributed by atoms with Gasteiger partial charge in [0.15, 0.2) is 0 Å². The molecule has 1 atom stereocenters. The standard InChI is InChI=1S/C21H31N5O/c1-24-17-22-23-21(24)19-8-11-25(12-9-19)15-20-16-26(10-5-13-27-20)14-18-6-3-2-4-7-18/h2-4,6-7,17,19-20H,5,8-16H2,1H3/t20-/m0/s1. The number of likely N-dealkylation sites (tertiary alicyclic amines) is 1. The topological polar surface area (TPSA) is 46.4 Å². The lowest BCUT2D eigenvalue weighted by Crippen LogP contribution is -2.43. The van der Waals surface area contributed by atoms with Gasteiger partial charge in [0.1, 0.15) is 12.2 Å². The molecule has 0 unspecified atom stereocenters. The number of aryl methyl sites for hydroxylation is 1. The van der Waals surface area contributed by atoms with Crippen LogP contribution in [0, 0.1) is 0 Å². The van der Waals surface area contributed by atoms with Gasteiger partial charge in [-0.15, -0.1) is 10.2 Å². The molecule has 0 bridgehead atoms. The Labute approximate surface area is 162 Å². The van der Waals surface area contributed by atoms with Crippen LogP contribution >= 0.6 is 0 Å². The molecule has 1 aromatic heterocycles. The van der Waals surface area contributed by atoms with Crippen LogP contribution in [0.1, 0.15) is 36.6 Å². The van der Waals surface area contributed by atoms with Crippen LogP contribution in [0.3, 0.4) is 0 Å². The van der Waals surface area contributed by atoms with E-state index in [4.69, 9.17) is 4.74 Å². The smallest absolute Gasteiger partial charge is 0.135 e. The average Bonchev–Trinajstić information content (AvgIpc) is 3.00. The summed E-state index contributed by atoms with van der Waals surface area (Å²) in [5.41, 5.74) is 1.39. The van der Waals surface area contributed by atoms with Crippen molar-refractivity contribution in [1.29, 1.82) is 0 Å². The van der Waals surface area contributed by atoms with E-state index in [1.54, 1.807) is 0 Å². The van der Waals surface area contributed by atoms with Crippen LogP contribution in [-0.2, 0) is 18.3 Å². The average molecular weight is 370 g/mol. The third-order valence-electron chi connectivity index (χ3n) is 5.84. The summed E-state index contributed by atoms with van der Waals surface area (Å²) < 4.78 is 8.25. The lowest BCUT2D eigenvalue weighted by Gasteiger charge is -2.34. The van der Waals surface area contributed by atoms with Crippen molar-refractivity contribution in [3.8, 4) is 0 Å². The van der Waals surface area contributed by atoms with Gasteiger partial charge in [-0.05, 0) is 37.9 Å². The molecule has 0 radical (unpaired) electrons. The number of ether oxygens (including phenoxy) is 1. The number of nitrogens with zero attached hydrogens (tertiary/aromatic N) is 5. The van der Waals surface area contributed by atoms with E-state index in [9.17, 15) is 0 Å². The van der Waals surface area contributed by atoms with Gasteiger partial charge in [-0.3, -0.25) is 4.90 Å². The summed E-state index contributed by atoms with van der Waals surface area (Å²) in [4.78, 5) is 5.13. The second kappa shape index (κ2) is 8.95. The maximum atomic E-state index is 6.18. The molecule has 2 aliphatic rings. The summed E-state index contributed by atoms with van der Waals surface area (Å²) in [6.07, 6.45) is 5.56. The molecular formula is C21H31N5O. The van der Waals surface area contributed by atoms with E-state index in [1.807, 2.05) is 13.4 Å². The molecule has 6 heteroatoms. The zero-order valence-corrected chi connectivity index (χ0v) is 16.3. The number of benzene rings is 1. The van der Waals surface area contributed by atoms with Crippen molar-refractivity contribution < 1.29 is 4.74 Å². The second-order valence-corrected chi connectivity index (χ2v) is 7.94. The Morgan fingerprint density at radius 3 is 2.63 bits per heavy atom. The monoisotopic (exact) mass is 369 g/mol.